The van der Waals surface area contributed by atoms with Crippen molar-refractivity contribution < 1.29 is 18.0 Å². The van der Waals surface area contributed by atoms with Crippen LogP contribution >= 0.6 is 0 Å². The van der Waals surface area contributed by atoms with Gasteiger partial charge in [-0.05, 0) is 70.1 Å². The Morgan fingerprint density at radius 3 is 2.37 bits per heavy atom. The number of carbonyl (C=O) groups excluding carboxylic acids is 2. The predicted octanol–water partition coefficient (Wildman–Crippen LogP) is 3.86. The smallest absolute Gasteiger partial charge is 0.257 e. The molecule has 2 saturated heterocycles. The van der Waals surface area contributed by atoms with Gasteiger partial charge in [-0.1, -0.05) is 19.1 Å². The number of hydrogen-bond donors (Lipinski definition) is 2. The van der Waals surface area contributed by atoms with Crippen LogP contribution in [0.2, 0.25) is 0 Å². The van der Waals surface area contributed by atoms with Crippen LogP contribution in [0.15, 0.2) is 29.2 Å². The lowest BCUT2D eigenvalue weighted by Gasteiger charge is -2.31. The molecule has 1 aromatic carbocycles. The Morgan fingerprint density at radius 2 is 1.71 bits per heavy atom. The van der Waals surface area contributed by atoms with E-state index in [1.54, 1.807) is 18.7 Å². The molecule has 2 aliphatic rings. The van der Waals surface area contributed by atoms with Crippen LogP contribution in [0.4, 0.5) is 5.69 Å². The zero-order chi connectivity index (χ0) is 25.2. The number of aromatic nitrogens is 1. The number of likely N-dealkylation sites (tertiary alicyclic amines) is 1. The highest BCUT2D eigenvalue weighted by atomic mass is 32.2. The maximum atomic E-state index is 13.7. The number of benzene rings is 1. The Kier molecular flexibility index (Phi) is 7.66. The maximum absolute atomic E-state index is 13.7. The van der Waals surface area contributed by atoms with Crippen molar-refractivity contribution in [2.75, 3.05) is 31.5 Å². The third-order valence-electron chi connectivity index (χ3n) is 7.20. The van der Waals surface area contributed by atoms with Crippen molar-refractivity contribution in [1.29, 1.82) is 0 Å². The van der Waals surface area contributed by atoms with Gasteiger partial charge in [0.15, 0.2) is 0 Å². The highest BCUT2D eigenvalue weighted by Crippen LogP contribution is 2.31. The van der Waals surface area contributed by atoms with Gasteiger partial charge < -0.3 is 15.2 Å². The summed E-state index contributed by atoms with van der Waals surface area (Å²) in [5, 5.41) is 2.98. The van der Waals surface area contributed by atoms with Crippen LogP contribution in [-0.2, 0) is 21.2 Å². The van der Waals surface area contributed by atoms with Crippen LogP contribution in [-0.4, -0.2) is 60.6 Å². The molecule has 0 unspecified atom stereocenters. The van der Waals surface area contributed by atoms with E-state index in [1.165, 1.54) is 4.31 Å². The van der Waals surface area contributed by atoms with Gasteiger partial charge in [0, 0.05) is 49.2 Å². The Bertz CT molecular complexity index is 1190. The first kappa shape index (κ1) is 25.4. The molecule has 2 N–H and O–H groups in total. The number of hydrogen-bond acceptors (Lipinski definition) is 4. The SMILES string of the molecule is CCc1cccc(NC(=O)C2CCN(S(=O)(=O)c3c(C)[nH]c(C)c3C(=O)N3CCCCC3)CC2)c1. The lowest BCUT2D eigenvalue weighted by molar-refractivity contribution is -0.120. The minimum Gasteiger partial charge on any atom is -0.361 e. The monoisotopic (exact) mass is 500 g/mol. The highest BCUT2D eigenvalue weighted by Gasteiger charge is 2.38. The summed E-state index contributed by atoms with van der Waals surface area (Å²) in [5.41, 5.74) is 3.25. The van der Waals surface area contributed by atoms with Crippen molar-refractivity contribution in [1.82, 2.24) is 14.2 Å². The average molecular weight is 501 g/mol. The quantitative estimate of drug-likeness (QED) is 0.629. The molecule has 2 aromatic rings. The van der Waals surface area contributed by atoms with Crippen molar-refractivity contribution in [2.45, 2.75) is 64.2 Å². The third kappa shape index (κ3) is 5.30. The summed E-state index contributed by atoms with van der Waals surface area (Å²) in [6.07, 6.45) is 4.74. The number of amides is 2. The topological polar surface area (TPSA) is 103 Å². The fourth-order valence-corrected chi connectivity index (χ4v) is 7.08. The second-order valence-electron chi connectivity index (χ2n) is 9.65. The van der Waals surface area contributed by atoms with Crippen LogP contribution in [0.25, 0.3) is 0 Å². The van der Waals surface area contributed by atoms with E-state index in [-0.39, 0.29) is 41.3 Å². The summed E-state index contributed by atoms with van der Waals surface area (Å²) < 4.78 is 28.8. The van der Waals surface area contributed by atoms with Crippen molar-refractivity contribution in [3.05, 3.63) is 46.8 Å². The molecular formula is C26H36N4O4S. The van der Waals surface area contributed by atoms with E-state index in [0.29, 0.717) is 37.3 Å². The van der Waals surface area contributed by atoms with E-state index >= 15 is 0 Å². The van der Waals surface area contributed by atoms with Gasteiger partial charge in [0.25, 0.3) is 5.91 Å². The van der Waals surface area contributed by atoms with Crippen molar-refractivity contribution in [2.24, 2.45) is 5.92 Å². The van der Waals surface area contributed by atoms with Crippen LogP contribution in [0.5, 0.6) is 0 Å². The number of H-pyrrole nitrogens is 1. The molecule has 190 valence electrons. The number of nitrogens with one attached hydrogen (secondary N) is 2. The van der Waals surface area contributed by atoms with Gasteiger partial charge in [0.1, 0.15) is 4.90 Å². The molecule has 8 nitrogen and oxygen atoms in total. The Hall–Kier alpha value is -2.65. The number of aromatic amines is 1. The maximum Gasteiger partial charge on any atom is 0.257 e. The number of anilines is 1. The highest BCUT2D eigenvalue weighted by molar-refractivity contribution is 7.89. The molecular weight excluding hydrogens is 464 g/mol. The van der Waals surface area contributed by atoms with Crippen molar-refractivity contribution in [3.63, 3.8) is 0 Å². The van der Waals surface area contributed by atoms with Crippen molar-refractivity contribution >= 4 is 27.5 Å². The lowest BCUT2D eigenvalue weighted by atomic mass is 9.97. The molecule has 0 radical (unpaired) electrons. The third-order valence-corrected chi connectivity index (χ3v) is 9.27. The summed E-state index contributed by atoms with van der Waals surface area (Å²) in [7, 11) is -3.88. The predicted molar refractivity (Wildman–Crippen MR) is 136 cm³/mol. The molecule has 4 rings (SSSR count). The normalized spacial score (nSPS) is 18.0. The lowest BCUT2D eigenvalue weighted by Crippen LogP contribution is -2.42. The standard InChI is InChI=1S/C26H36N4O4S/c1-4-20-9-8-10-22(17-20)28-25(31)21-11-15-30(16-12-21)35(33,34)24-19(3)27-18(2)23(24)26(32)29-13-6-5-7-14-29/h8-10,17,21,27H,4-7,11-16H2,1-3H3,(H,28,31). The minimum absolute atomic E-state index is 0.0788. The van der Waals surface area contributed by atoms with Crippen LogP contribution in [0.3, 0.4) is 0 Å². The molecule has 1 aromatic heterocycles. The fraction of sp³-hybridized carbons (Fsp3) is 0.538. The number of nitrogens with zero attached hydrogens (tertiary/aromatic N) is 2. The number of rotatable bonds is 6. The second-order valence-corrected chi connectivity index (χ2v) is 11.5. The van der Waals surface area contributed by atoms with E-state index in [9.17, 15) is 18.0 Å². The van der Waals surface area contributed by atoms with Crippen molar-refractivity contribution in [3.8, 4) is 0 Å². The van der Waals surface area contributed by atoms with E-state index in [2.05, 4.69) is 17.2 Å². The summed E-state index contributed by atoms with van der Waals surface area (Å²) in [5.74, 6) is -0.547. The van der Waals surface area contributed by atoms with Gasteiger partial charge in [-0.2, -0.15) is 4.31 Å². The molecule has 0 atom stereocenters. The first-order valence-electron chi connectivity index (χ1n) is 12.6. The van der Waals surface area contributed by atoms with E-state index in [1.807, 2.05) is 24.3 Å². The first-order chi connectivity index (χ1) is 16.7. The zero-order valence-corrected chi connectivity index (χ0v) is 21.7. The van der Waals surface area contributed by atoms with E-state index in [4.69, 9.17) is 0 Å². The van der Waals surface area contributed by atoms with Crippen LogP contribution in [0, 0.1) is 19.8 Å². The van der Waals surface area contributed by atoms with Gasteiger partial charge in [-0.25, -0.2) is 8.42 Å². The Balaban J connectivity index is 1.47. The molecule has 0 bridgehead atoms. The molecule has 0 saturated carbocycles. The molecule has 2 aliphatic heterocycles. The summed E-state index contributed by atoms with van der Waals surface area (Å²) in [6.45, 7) is 7.33. The summed E-state index contributed by atoms with van der Waals surface area (Å²) in [6, 6.07) is 7.78. The summed E-state index contributed by atoms with van der Waals surface area (Å²) in [4.78, 5) is 31.1. The van der Waals surface area contributed by atoms with Gasteiger partial charge >= 0.3 is 0 Å². The molecule has 3 heterocycles. The number of piperidine rings is 2. The summed E-state index contributed by atoms with van der Waals surface area (Å²) >= 11 is 0. The van der Waals surface area contributed by atoms with Gasteiger partial charge in [0.2, 0.25) is 15.9 Å². The average Bonchev–Trinajstić information content (AvgIpc) is 3.18. The second kappa shape index (κ2) is 10.5. The molecule has 0 spiro atoms. The van der Waals surface area contributed by atoms with E-state index in [0.717, 1.165) is 36.9 Å². The van der Waals surface area contributed by atoms with Crippen LogP contribution < -0.4 is 5.32 Å². The van der Waals surface area contributed by atoms with Crippen LogP contribution in [0.1, 0.15) is 66.3 Å². The first-order valence-corrected chi connectivity index (χ1v) is 14.0. The molecule has 0 aliphatic carbocycles. The molecule has 2 amide bonds. The zero-order valence-electron chi connectivity index (χ0n) is 20.9. The number of carbonyl (C=O) groups is 2. The largest absolute Gasteiger partial charge is 0.361 e. The van der Waals surface area contributed by atoms with Gasteiger partial charge in [-0.3, -0.25) is 9.59 Å². The molecule has 2 fully saturated rings. The number of sulfonamides is 1. The fourth-order valence-electron chi connectivity index (χ4n) is 5.19. The minimum atomic E-state index is -3.88. The molecule has 35 heavy (non-hydrogen) atoms. The Labute approximate surface area is 208 Å². The van der Waals surface area contributed by atoms with E-state index < -0.39 is 10.0 Å². The number of aryl methyl sites for hydroxylation is 3. The molecule has 9 heteroatoms. The Morgan fingerprint density at radius 1 is 1.03 bits per heavy atom. The van der Waals surface area contributed by atoms with Gasteiger partial charge in [0.05, 0.1) is 5.56 Å². The van der Waals surface area contributed by atoms with Gasteiger partial charge in [-0.15, -0.1) is 0 Å².